The number of rotatable bonds is 10. The number of nitrogens with zero attached hydrogens (tertiary/aromatic N) is 1. The lowest BCUT2D eigenvalue weighted by Crippen LogP contribution is -2.50. The maximum Gasteiger partial charge on any atom is 0.407 e. The third-order valence-electron chi connectivity index (χ3n) is 10.5. The minimum atomic E-state index is -0.710. The summed E-state index contributed by atoms with van der Waals surface area (Å²) in [6.45, 7) is 7.03. The van der Waals surface area contributed by atoms with Crippen LogP contribution < -0.4 is 10.6 Å². The van der Waals surface area contributed by atoms with Crippen molar-refractivity contribution in [2.45, 2.75) is 109 Å². The number of ether oxygens (including phenoxy) is 3. The lowest BCUT2D eigenvalue weighted by atomic mass is 9.75. The molecule has 0 spiro atoms. The highest BCUT2D eigenvalue weighted by atomic mass is 19.1. The van der Waals surface area contributed by atoms with Crippen molar-refractivity contribution in [3.63, 3.8) is 0 Å². The molecule has 1 aromatic carbocycles. The summed E-state index contributed by atoms with van der Waals surface area (Å²) in [7, 11) is 1.74. The molecular weight excluding hydrogens is 633 g/mol. The Bertz CT molecular complexity index is 1470. The quantitative estimate of drug-likeness (QED) is 0.266. The summed E-state index contributed by atoms with van der Waals surface area (Å²) in [6.07, 6.45) is 6.36. The molecule has 49 heavy (non-hydrogen) atoms. The number of carbonyl (C=O) groups excluding carboxylic acids is 4. The molecule has 2 heterocycles. The topological polar surface area (TPSA) is 136 Å². The molecule has 270 valence electrons. The molecule has 11 nitrogen and oxygen atoms in total. The van der Waals surface area contributed by atoms with Crippen LogP contribution in [0.1, 0.15) is 96.0 Å². The van der Waals surface area contributed by atoms with Gasteiger partial charge in [-0.2, -0.15) is 0 Å². The van der Waals surface area contributed by atoms with Crippen LogP contribution in [0.5, 0.6) is 0 Å². The monoisotopic (exact) mass is 685 g/mol. The van der Waals surface area contributed by atoms with E-state index in [1.165, 1.54) is 0 Å². The van der Waals surface area contributed by atoms with Gasteiger partial charge in [0.2, 0.25) is 17.6 Å². The summed E-state index contributed by atoms with van der Waals surface area (Å²) in [4.78, 5) is 54.7. The highest BCUT2D eigenvalue weighted by Crippen LogP contribution is 2.42. The second kappa shape index (κ2) is 15.9. The predicted octanol–water partition coefficient (Wildman–Crippen LogP) is 6.64. The molecule has 0 radical (unpaired) electrons. The molecule has 1 aliphatic heterocycles. The number of halogens is 1. The van der Waals surface area contributed by atoms with Crippen LogP contribution in [-0.2, 0) is 23.8 Å². The van der Waals surface area contributed by atoms with E-state index in [1.54, 1.807) is 64.0 Å². The molecule has 2 saturated carbocycles. The number of amides is 3. The van der Waals surface area contributed by atoms with Crippen LogP contribution in [0.25, 0.3) is 11.0 Å². The van der Waals surface area contributed by atoms with E-state index < -0.39 is 36.4 Å². The normalized spacial score (nSPS) is 26.6. The molecule has 12 heteroatoms. The second-order valence-electron chi connectivity index (χ2n) is 14.8. The predicted molar refractivity (Wildman–Crippen MR) is 182 cm³/mol. The van der Waals surface area contributed by atoms with E-state index in [9.17, 15) is 23.6 Å². The molecule has 3 aliphatic rings. The molecule has 2 aromatic rings. The maximum absolute atomic E-state index is 14.2. The SMILES string of the molecule is CCOC(=O)c1cc2cc(NC(=O)[C@H]3[C@H](C4CCC(OC)CC4)CCN3C(=O)C3CCC([C@@H](CF)NC(=O)OC(C)(C)C)CC3)ccc2o1. The third kappa shape index (κ3) is 8.93. The van der Waals surface area contributed by atoms with Crippen molar-refractivity contribution in [2.24, 2.45) is 23.7 Å². The van der Waals surface area contributed by atoms with Crippen molar-refractivity contribution >= 4 is 40.5 Å². The Hall–Kier alpha value is -3.67. The summed E-state index contributed by atoms with van der Waals surface area (Å²) in [5.41, 5.74) is 0.359. The van der Waals surface area contributed by atoms with Crippen LogP contribution in [0, 0.1) is 23.7 Å². The number of methoxy groups -OCH3 is 1. The largest absolute Gasteiger partial charge is 0.460 e. The van der Waals surface area contributed by atoms with Crippen molar-refractivity contribution in [1.82, 2.24) is 10.2 Å². The van der Waals surface area contributed by atoms with Gasteiger partial charge < -0.3 is 34.2 Å². The first-order valence-electron chi connectivity index (χ1n) is 17.8. The Morgan fingerprint density at radius 2 is 1.71 bits per heavy atom. The van der Waals surface area contributed by atoms with Gasteiger partial charge in [0.1, 0.15) is 23.9 Å². The van der Waals surface area contributed by atoms with Gasteiger partial charge >= 0.3 is 12.1 Å². The number of hydrogen-bond donors (Lipinski definition) is 2. The van der Waals surface area contributed by atoms with Gasteiger partial charge in [0.15, 0.2) is 0 Å². The number of fused-ring (bicyclic) bond motifs is 1. The Morgan fingerprint density at radius 3 is 2.35 bits per heavy atom. The Kier molecular flexibility index (Phi) is 11.9. The van der Waals surface area contributed by atoms with Gasteiger partial charge in [-0.05, 0) is 128 Å². The number of nitrogens with one attached hydrogen (secondary N) is 2. The molecule has 1 aromatic heterocycles. The number of esters is 1. The molecule has 0 unspecified atom stereocenters. The van der Waals surface area contributed by atoms with Crippen molar-refractivity contribution < 1.29 is 42.2 Å². The van der Waals surface area contributed by atoms with Crippen molar-refractivity contribution in [3.05, 3.63) is 30.0 Å². The zero-order valence-electron chi connectivity index (χ0n) is 29.4. The first-order chi connectivity index (χ1) is 23.4. The Labute approximate surface area is 287 Å². The van der Waals surface area contributed by atoms with Gasteiger partial charge in [0.25, 0.3) is 0 Å². The van der Waals surface area contributed by atoms with E-state index in [4.69, 9.17) is 18.6 Å². The highest BCUT2D eigenvalue weighted by Gasteiger charge is 2.47. The lowest BCUT2D eigenvalue weighted by molar-refractivity contribution is -0.142. The summed E-state index contributed by atoms with van der Waals surface area (Å²) < 4.78 is 35.7. The van der Waals surface area contributed by atoms with E-state index in [2.05, 4.69) is 10.6 Å². The molecule has 5 rings (SSSR count). The number of alkyl halides is 1. The third-order valence-corrected chi connectivity index (χ3v) is 10.5. The van der Waals surface area contributed by atoms with E-state index in [1.807, 2.05) is 0 Å². The first kappa shape index (κ1) is 36.6. The van der Waals surface area contributed by atoms with Crippen molar-refractivity contribution in [1.29, 1.82) is 0 Å². The van der Waals surface area contributed by atoms with Crippen LogP contribution in [0.15, 0.2) is 28.7 Å². The molecule has 3 amide bonds. The average Bonchev–Trinajstić information content (AvgIpc) is 3.71. The summed E-state index contributed by atoms with van der Waals surface area (Å²) in [5, 5.41) is 6.41. The Balaban J connectivity index is 1.28. The van der Waals surface area contributed by atoms with Crippen molar-refractivity contribution in [3.8, 4) is 0 Å². The molecule has 1 saturated heterocycles. The summed E-state index contributed by atoms with van der Waals surface area (Å²) in [6, 6.07) is 5.48. The molecule has 2 aliphatic carbocycles. The number of furan rings is 1. The molecule has 3 atom stereocenters. The fourth-order valence-corrected chi connectivity index (χ4v) is 8.03. The van der Waals surface area contributed by atoms with Gasteiger partial charge in [0.05, 0.1) is 18.8 Å². The minimum absolute atomic E-state index is 0.0140. The van der Waals surface area contributed by atoms with Crippen LogP contribution >= 0.6 is 0 Å². The number of benzene rings is 1. The minimum Gasteiger partial charge on any atom is -0.460 e. The van der Waals surface area contributed by atoms with E-state index in [0.717, 1.165) is 32.1 Å². The molecule has 2 N–H and O–H groups in total. The number of carbonyl (C=O) groups is 4. The van der Waals surface area contributed by atoms with Gasteiger partial charge in [-0.25, -0.2) is 14.0 Å². The van der Waals surface area contributed by atoms with Gasteiger partial charge in [-0.3, -0.25) is 9.59 Å². The summed E-state index contributed by atoms with van der Waals surface area (Å²) in [5.74, 6) is -0.802. The fourth-order valence-electron chi connectivity index (χ4n) is 8.03. The zero-order valence-corrected chi connectivity index (χ0v) is 29.4. The van der Waals surface area contributed by atoms with Gasteiger partial charge in [-0.15, -0.1) is 0 Å². The Morgan fingerprint density at radius 1 is 1.00 bits per heavy atom. The van der Waals surface area contributed by atoms with Gasteiger partial charge in [-0.1, -0.05) is 0 Å². The lowest BCUT2D eigenvalue weighted by Gasteiger charge is -2.38. The highest BCUT2D eigenvalue weighted by molar-refractivity contribution is 6.00. The van der Waals surface area contributed by atoms with Crippen LogP contribution in [0.4, 0.5) is 14.9 Å². The fraction of sp³-hybridized carbons (Fsp3) is 0.676. The van der Waals surface area contributed by atoms with E-state index >= 15 is 0 Å². The average molecular weight is 686 g/mol. The number of alkyl carbamates (subject to hydrolysis) is 1. The van der Waals surface area contributed by atoms with Crippen molar-refractivity contribution in [2.75, 3.05) is 32.3 Å². The molecule has 3 fully saturated rings. The van der Waals surface area contributed by atoms with Gasteiger partial charge in [0, 0.05) is 30.6 Å². The standard InChI is InChI=1S/C37H52FN3O8/c1-6-47-35(44)31-20-25-19-26(13-16-30(25)48-31)39-33(42)32-28(22-11-14-27(46-5)15-12-22)17-18-41(32)34(43)24-9-7-23(8-10-24)29(21-38)40-36(45)49-37(2,3)4/h13,16,19-20,22-24,27-29,32H,6-12,14-15,17-18,21H2,1-5H3,(H,39,42)(H,40,45)/t22?,23?,24?,27?,28-,29+,32+/m0/s1. The number of anilines is 1. The molecular formula is C37H52FN3O8. The number of hydrogen-bond acceptors (Lipinski definition) is 8. The van der Waals surface area contributed by atoms with Crippen LogP contribution in [-0.4, -0.2) is 79.5 Å². The first-order valence-corrected chi connectivity index (χ1v) is 17.8. The van der Waals surface area contributed by atoms with Crippen LogP contribution in [0.3, 0.4) is 0 Å². The summed E-state index contributed by atoms with van der Waals surface area (Å²) >= 11 is 0. The smallest absolute Gasteiger partial charge is 0.407 e. The van der Waals surface area contributed by atoms with E-state index in [0.29, 0.717) is 54.8 Å². The maximum atomic E-state index is 14.2. The second-order valence-corrected chi connectivity index (χ2v) is 14.8. The molecule has 0 bridgehead atoms. The number of likely N-dealkylation sites (tertiary alicyclic amines) is 1. The van der Waals surface area contributed by atoms with E-state index in [-0.39, 0.29) is 48.0 Å². The zero-order chi connectivity index (χ0) is 35.3. The van der Waals surface area contributed by atoms with Crippen LogP contribution in [0.2, 0.25) is 0 Å².